The van der Waals surface area contributed by atoms with E-state index in [0.29, 0.717) is 29.3 Å². The molecule has 0 atom stereocenters. The fourth-order valence-corrected chi connectivity index (χ4v) is 3.85. The van der Waals surface area contributed by atoms with Crippen LogP contribution < -0.4 is 10.9 Å². The van der Waals surface area contributed by atoms with E-state index in [1.165, 1.54) is 11.8 Å². The Labute approximate surface area is 177 Å². The fourth-order valence-electron chi connectivity index (χ4n) is 3.05. The zero-order valence-corrected chi connectivity index (χ0v) is 17.3. The molecule has 0 radical (unpaired) electrons. The SMILES string of the molecule is CCn1cc2nc(SCC(=O)Nc3ccccc3)n(Cc3ccccc3)c(=O)c2n1. The van der Waals surface area contributed by atoms with Crippen molar-refractivity contribution in [3.05, 3.63) is 82.8 Å². The molecule has 2 aromatic heterocycles. The van der Waals surface area contributed by atoms with Crippen molar-refractivity contribution in [1.82, 2.24) is 19.3 Å². The smallest absolute Gasteiger partial charge is 0.282 e. The van der Waals surface area contributed by atoms with Crippen molar-refractivity contribution in [2.45, 2.75) is 25.2 Å². The Morgan fingerprint density at radius 3 is 2.47 bits per heavy atom. The number of hydrogen-bond donors (Lipinski definition) is 1. The highest BCUT2D eigenvalue weighted by Gasteiger charge is 2.16. The normalized spacial score (nSPS) is 11.0. The van der Waals surface area contributed by atoms with E-state index in [9.17, 15) is 9.59 Å². The Hall–Kier alpha value is -3.39. The number of carbonyl (C=O) groups is 1. The molecule has 30 heavy (non-hydrogen) atoms. The number of carbonyl (C=O) groups excluding carboxylic acids is 1. The van der Waals surface area contributed by atoms with Crippen LogP contribution >= 0.6 is 11.8 Å². The van der Waals surface area contributed by atoms with Gasteiger partial charge in [0.05, 0.1) is 18.5 Å². The lowest BCUT2D eigenvalue weighted by atomic mass is 10.2. The number of fused-ring (bicyclic) bond motifs is 1. The Morgan fingerprint density at radius 2 is 1.77 bits per heavy atom. The summed E-state index contributed by atoms with van der Waals surface area (Å²) in [4.78, 5) is 30.2. The van der Waals surface area contributed by atoms with Gasteiger partial charge in [-0.25, -0.2) is 4.98 Å². The maximum atomic E-state index is 13.2. The molecule has 1 N–H and O–H groups in total. The first-order chi connectivity index (χ1) is 14.6. The van der Waals surface area contributed by atoms with Gasteiger partial charge in [0.1, 0.15) is 5.52 Å². The van der Waals surface area contributed by atoms with Gasteiger partial charge in [-0.05, 0) is 24.6 Å². The minimum Gasteiger partial charge on any atom is -0.325 e. The molecule has 0 bridgehead atoms. The minimum atomic E-state index is -0.206. The van der Waals surface area contributed by atoms with Crippen LogP contribution in [0.4, 0.5) is 5.69 Å². The first kappa shape index (κ1) is 19.9. The lowest BCUT2D eigenvalue weighted by molar-refractivity contribution is -0.113. The van der Waals surface area contributed by atoms with Crippen LogP contribution in [0.25, 0.3) is 11.0 Å². The number of aromatic nitrogens is 4. The van der Waals surface area contributed by atoms with Crippen molar-refractivity contribution in [3.63, 3.8) is 0 Å². The summed E-state index contributed by atoms with van der Waals surface area (Å²) in [7, 11) is 0. The van der Waals surface area contributed by atoms with Crippen molar-refractivity contribution >= 4 is 34.4 Å². The number of aryl methyl sites for hydroxylation is 1. The number of nitrogens with zero attached hydrogens (tertiary/aromatic N) is 4. The molecule has 7 nitrogen and oxygen atoms in total. The van der Waals surface area contributed by atoms with Crippen LogP contribution in [0.15, 0.2) is 76.8 Å². The summed E-state index contributed by atoms with van der Waals surface area (Å²) in [5, 5.41) is 7.71. The second-order valence-electron chi connectivity index (χ2n) is 6.69. The molecule has 0 saturated carbocycles. The quantitative estimate of drug-likeness (QED) is 0.367. The molecular weight excluding hydrogens is 398 g/mol. The van der Waals surface area contributed by atoms with Gasteiger partial charge in [-0.3, -0.25) is 18.8 Å². The van der Waals surface area contributed by atoms with Crippen molar-refractivity contribution < 1.29 is 4.79 Å². The van der Waals surface area contributed by atoms with E-state index in [4.69, 9.17) is 0 Å². The van der Waals surface area contributed by atoms with Gasteiger partial charge in [0.2, 0.25) is 5.91 Å². The third kappa shape index (κ3) is 4.44. The maximum absolute atomic E-state index is 13.2. The van der Waals surface area contributed by atoms with Gasteiger partial charge >= 0.3 is 0 Å². The molecule has 0 fully saturated rings. The summed E-state index contributed by atoms with van der Waals surface area (Å²) >= 11 is 1.24. The predicted octanol–water partition coefficient (Wildman–Crippen LogP) is 3.39. The number of para-hydroxylation sites is 1. The largest absolute Gasteiger partial charge is 0.325 e. The highest BCUT2D eigenvalue weighted by molar-refractivity contribution is 7.99. The van der Waals surface area contributed by atoms with E-state index in [0.717, 1.165) is 11.3 Å². The van der Waals surface area contributed by atoms with Crippen LogP contribution in [0.2, 0.25) is 0 Å². The summed E-state index contributed by atoms with van der Waals surface area (Å²) in [5.74, 6) is -0.0140. The molecule has 0 spiro atoms. The molecule has 152 valence electrons. The van der Waals surface area contributed by atoms with Gasteiger partial charge in [0, 0.05) is 12.2 Å². The topological polar surface area (TPSA) is 81.8 Å². The maximum Gasteiger partial charge on any atom is 0.282 e. The summed E-state index contributed by atoms with van der Waals surface area (Å²) in [6.45, 7) is 2.97. The Morgan fingerprint density at radius 1 is 1.07 bits per heavy atom. The lowest BCUT2D eigenvalue weighted by Crippen LogP contribution is -2.25. The minimum absolute atomic E-state index is 0.142. The number of nitrogens with one attached hydrogen (secondary N) is 1. The van der Waals surface area contributed by atoms with Crippen LogP contribution in [-0.2, 0) is 17.9 Å². The van der Waals surface area contributed by atoms with Crippen LogP contribution in [0.3, 0.4) is 0 Å². The highest BCUT2D eigenvalue weighted by atomic mass is 32.2. The van der Waals surface area contributed by atoms with E-state index < -0.39 is 0 Å². The van der Waals surface area contributed by atoms with Crippen molar-refractivity contribution in [3.8, 4) is 0 Å². The highest BCUT2D eigenvalue weighted by Crippen LogP contribution is 2.19. The van der Waals surface area contributed by atoms with Crippen molar-refractivity contribution in [2.24, 2.45) is 0 Å². The molecule has 0 saturated heterocycles. The van der Waals surface area contributed by atoms with E-state index >= 15 is 0 Å². The summed E-state index contributed by atoms with van der Waals surface area (Å²) < 4.78 is 3.29. The van der Waals surface area contributed by atoms with Crippen molar-refractivity contribution in [1.29, 1.82) is 0 Å². The van der Waals surface area contributed by atoms with Crippen LogP contribution in [-0.4, -0.2) is 31.0 Å². The number of anilines is 1. The van der Waals surface area contributed by atoms with E-state index in [-0.39, 0.29) is 17.2 Å². The zero-order valence-electron chi connectivity index (χ0n) is 16.5. The number of amides is 1. The lowest BCUT2D eigenvalue weighted by Gasteiger charge is -2.12. The molecule has 0 aliphatic carbocycles. The molecule has 8 heteroatoms. The van der Waals surface area contributed by atoms with Gasteiger partial charge in [0.25, 0.3) is 5.56 Å². The summed E-state index contributed by atoms with van der Waals surface area (Å²) in [5.41, 5.74) is 2.38. The summed E-state index contributed by atoms with van der Waals surface area (Å²) in [6.07, 6.45) is 1.76. The van der Waals surface area contributed by atoms with Crippen LogP contribution in [0.1, 0.15) is 12.5 Å². The fraction of sp³-hybridized carbons (Fsp3) is 0.182. The van der Waals surface area contributed by atoms with E-state index in [1.807, 2.05) is 67.6 Å². The molecule has 0 unspecified atom stereocenters. The molecule has 4 aromatic rings. The number of hydrogen-bond acceptors (Lipinski definition) is 5. The van der Waals surface area contributed by atoms with E-state index in [2.05, 4.69) is 15.4 Å². The molecule has 1 amide bonds. The van der Waals surface area contributed by atoms with Gasteiger partial charge in [0.15, 0.2) is 10.7 Å². The Bertz CT molecular complexity index is 1220. The number of thioether (sulfide) groups is 1. The predicted molar refractivity (Wildman–Crippen MR) is 119 cm³/mol. The third-order valence-electron chi connectivity index (χ3n) is 4.53. The molecule has 0 aliphatic heterocycles. The van der Waals surface area contributed by atoms with Crippen LogP contribution in [0, 0.1) is 0 Å². The van der Waals surface area contributed by atoms with E-state index in [1.54, 1.807) is 15.4 Å². The Kier molecular flexibility index (Phi) is 5.94. The molecule has 2 aromatic carbocycles. The van der Waals surface area contributed by atoms with Gasteiger partial charge in [-0.1, -0.05) is 60.3 Å². The third-order valence-corrected chi connectivity index (χ3v) is 5.51. The average molecular weight is 420 g/mol. The van der Waals surface area contributed by atoms with Gasteiger partial charge < -0.3 is 5.32 Å². The van der Waals surface area contributed by atoms with Gasteiger partial charge in [-0.2, -0.15) is 5.10 Å². The second kappa shape index (κ2) is 8.96. The van der Waals surface area contributed by atoms with Crippen molar-refractivity contribution in [2.75, 3.05) is 11.1 Å². The zero-order chi connectivity index (χ0) is 20.9. The molecule has 4 rings (SSSR count). The first-order valence-corrected chi connectivity index (χ1v) is 10.6. The second-order valence-corrected chi connectivity index (χ2v) is 7.64. The standard InChI is InChI=1S/C22H21N5O2S/c1-2-26-14-18-20(25-26)21(29)27(13-16-9-5-3-6-10-16)22(24-18)30-15-19(28)23-17-11-7-4-8-12-17/h3-12,14H,2,13,15H2,1H3,(H,23,28). The number of benzene rings is 2. The average Bonchev–Trinajstić information content (AvgIpc) is 3.19. The molecule has 0 aliphatic rings. The number of rotatable bonds is 7. The summed E-state index contributed by atoms with van der Waals surface area (Å²) in [6, 6.07) is 19.0. The van der Waals surface area contributed by atoms with Crippen LogP contribution in [0.5, 0.6) is 0 Å². The Balaban J connectivity index is 1.63. The molecular formula is C22H21N5O2S. The monoisotopic (exact) mass is 419 g/mol. The van der Waals surface area contributed by atoms with Gasteiger partial charge in [-0.15, -0.1) is 0 Å². The first-order valence-electron chi connectivity index (χ1n) is 9.63. The molecule has 2 heterocycles.